The molecule has 1 aliphatic heterocycles. The standard InChI is InChI=1S/C18H25N5O3S/c1-11-6-7-14(8-12(11)2)20-18(24)17-9-16(21-27(25,26)23(17)5)15-10-19-22(4)13(15)3/h6-8,10,16-17,21H,9H2,1-5H3,(H,20,24). The van der Waals surface area contributed by atoms with Gasteiger partial charge in [0.25, 0.3) is 10.2 Å². The van der Waals surface area contributed by atoms with Gasteiger partial charge in [0.1, 0.15) is 6.04 Å². The van der Waals surface area contributed by atoms with Crippen molar-refractivity contribution >= 4 is 21.8 Å². The Kier molecular flexibility index (Phi) is 5.11. The lowest BCUT2D eigenvalue weighted by molar-refractivity contribution is -0.120. The van der Waals surface area contributed by atoms with E-state index in [1.54, 1.807) is 17.9 Å². The summed E-state index contributed by atoms with van der Waals surface area (Å²) in [5.74, 6) is -0.350. The van der Waals surface area contributed by atoms with E-state index in [1.807, 2.05) is 39.0 Å². The minimum atomic E-state index is -3.78. The molecule has 2 heterocycles. The highest BCUT2D eigenvalue weighted by atomic mass is 32.2. The number of carbonyl (C=O) groups is 1. The molecule has 1 aromatic heterocycles. The fraction of sp³-hybridized carbons (Fsp3) is 0.444. The Morgan fingerprint density at radius 2 is 1.93 bits per heavy atom. The molecule has 0 bridgehead atoms. The molecule has 0 spiro atoms. The van der Waals surface area contributed by atoms with Crippen molar-refractivity contribution in [1.29, 1.82) is 0 Å². The molecule has 1 fully saturated rings. The summed E-state index contributed by atoms with van der Waals surface area (Å²) in [6.07, 6.45) is 1.96. The van der Waals surface area contributed by atoms with Crippen LogP contribution in [0.4, 0.5) is 5.69 Å². The summed E-state index contributed by atoms with van der Waals surface area (Å²) in [6.45, 7) is 5.83. The minimum Gasteiger partial charge on any atom is -0.325 e. The molecule has 2 N–H and O–H groups in total. The van der Waals surface area contributed by atoms with Gasteiger partial charge in [-0.3, -0.25) is 9.48 Å². The number of likely N-dealkylation sites (N-methyl/N-ethyl adjacent to an activating group) is 1. The summed E-state index contributed by atoms with van der Waals surface area (Å²) in [5.41, 5.74) is 4.48. The number of anilines is 1. The van der Waals surface area contributed by atoms with E-state index in [4.69, 9.17) is 0 Å². The Balaban J connectivity index is 1.86. The second-order valence-electron chi connectivity index (χ2n) is 7.04. The molecule has 1 aliphatic rings. The van der Waals surface area contributed by atoms with Crippen molar-refractivity contribution in [2.45, 2.75) is 39.3 Å². The van der Waals surface area contributed by atoms with Gasteiger partial charge in [-0.25, -0.2) is 0 Å². The average molecular weight is 391 g/mol. The normalized spacial score (nSPS) is 22.6. The number of carbonyl (C=O) groups excluding carboxylic acids is 1. The van der Waals surface area contributed by atoms with Gasteiger partial charge in [-0.05, 0) is 50.5 Å². The summed E-state index contributed by atoms with van der Waals surface area (Å²) < 4.78 is 30.5. The molecule has 146 valence electrons. The van der Waals surface area contributed by atoms with Crippen molar-refractivity contribution in [3.8, 4) is 0 Å². The fourth-order valence-electron chi connectivity index (χ4n) is 3.22. The van der Waals surface area contributed by atoms with Gasteiger partial charge >= 0.3 is 0 Å². The summed E-state index contributed by atoms with van der Waals surface area (Å²) in [6, 6.07) is 4.30. The van der Waals surface area contributed by atoms with Crippen LogP contribution in [-0.2, 0) is 22.1 Å². The molecular weight excluding hydrogens is 366 g/mol. The monoisotopic (exact) mass is 391 g/mol. The molecule has 2 atom stereocenters. The first-order valence-corrected chi connectivity index (χ1v) is 10.2. The first-order chi connectivity index (χ1) is 12.6. The van der Waals surface area contributed by atoms with Crippen molar-refractivity contribution in [2.75, 3.05) is 12.4 Å². The van der Waals surface area contributed by atoms with E-state index in [9.17, 15) is 13.2 Å². The number of hydrogen-bond donors (Lipinski definition) is 2. The van der Waals surface area contributed by atoms with Crippen molar-refractivity contribution < 1.29 is 13.2 Å². The number of rotatable bonds is 3. The summed E-state index contributed by atoms with van der Waals surface area (Å²) in [4.78, 5) is 12.9. The quantitative estimate of drug-likeness (QED) is 0.830. The van der Waals surface area contributed by atoms with E-state index in [2.05, 4.69) is 15.1 Å². The van der Waals surface area contributed by atoms with Crippen LogP contribution in [0.25, 0.3) is 0 Å². The van der Waals surface area contributed by atoms with E-state index in [-0.39, 0.29) is 5.91 Å². The third-order valence-electron chi connectivity index (χ3n) is 5.29. The molecule has 2 unspecified atom stereocenters. The van der Waals surface area contributed by atoms with E-state index in [1.165, 1.54) is 7.05 Å². The first-order valence-electron chi connectivity index (χ1n) is 8.72. The second kappa shape index (κ2) is 7.06. The highest BCUT2D eigenvalue weighted by molar-refractivity contribution is 7.87. The maximum absolute atomic E-state index is 12.9. The number of aromatic nitrogens is 2. The molecule has 2 aromatic rings. The van der Waals surface area contributed by atoms with E-state index < -0.39 is 22.3 Å². The third-order valence-corrected chi connectivity index (χ3v) is 6.89. The topological polar surface area (TPSA) is 96.3 Å². The Labute approximate surface area is 159 Å². The average Bonchev–Trinajstić information content (AvgIpc) is 2.92. The van der Waals surface area contributed by atoms with Gasteiger partial charge in [-0.15, -0.1) is 0 Å². The first kappa shape index (κ1) is 19.5. The van der Waals surface area contributed by atoms with Crippen molar-refractivity contribution in [1.82, 2.24) is 18.8 Å². The lowest BCUT2D eigenvalue weighted by atomic mass is 10.00. The molecule has 1 saturated heterocycles. The van der Waals surface area contributed by atoms with Crippen LogP contribution in [0.3, 0.4) is 0 Å². The molecule has 0 saturated carbocycles. The minimum absolute atomic E-state index is 0.318. The van der Waals surface area contributed by atoms with Gasteiger partial charge in [0.15, 0.2) is 0 Å². The molecule has 0 radical (unpaired) electrons. The molecule has 27 heavy (non-hydrogen) atoms. The molecule has 0 aliphatic carbocycles. The fourth-order valence-corrected chi connectivity index (χ4v) is 4.48. The Hall–Kier alpha value is -2.23. The number of amides is 1. The van der Waals surface area contributed by atoms with Gasteiger partial charge in [-0.2, -0.15) is 22.5 Å². The maximum Gasteiger partial charge on any atom is 0.280 e. The zero-order valence-corrected chi connectivity index (χ0v) is 17.0. The number of hydrogen-bond acceptors (Lipinski definition) is 4. The lowest BCUT2D eigenvalue weighted by Gasteiger charge is -2.36. The van der Waals surface area contributed by atoms with Crippen LogP contribution in [0.15, 0.2) is 24.4 Å². The number of benzene rings is 1. The van der Waals surface area contributed by atoms with Crippen molar-refractivity contribution in [3.63, 3.8) is 0 Å². The predicted molar refractivity (Wildman–Crippen MR) is 103 cm³/mol. The van der Waals surface area contributed by atoms with E-state index in [0.717, 1.165) is 26.7 Å². The van der Waals surface area contributed by atoms with Crippen LogP contribution in [0, 0.1) is 20.8 Å². The van der Waals surface area contributed by atoms with Gasteiger partial charge in [0.2, 0.25) is 5.91 Å². The molecular formula is C18H25N5O3S. The number of aryl methyl sites for hydroxylation is 3. The SMILES string of the molecule is Cc1ccc(NC(=O)C2CC(c3cnn(C)c3C)NS(=O)(=O)N2C)cc1C. The smallest absolute Gasteiger partial charge is 0.280 e. The molecule has 8 nitrogen and oxygen atoms in total. The van der Waals surface area contributed by atoms with Gasteiger partial charge in [0, 0.05) is 31.0 Å². The maximum atomic E-state index is 12.9. The Morgan fingerprint density at radius 1 is 1.22 bits per heavy atom. The molecule has 1 amide bonds. The third kappa shape index (κ3) is 3.76. The highest BCUT2D eigenvalue weighted by Crippen LogP contribution is 2.30. The van der Waals surface area contributed by atoms with Crippen LogP contribution < -0.4 is 10.0 Å². The predicted octanol–water partition coefficient (Wildman–Crippen LogP) is 1.56. The van der Waals surface area contributed by atoms with Crippen LogP contribution in [0.5, 0.6) is 0 Å². The van der Waals surface area contributed by atoms with E-state index in [0.29, 0.717) is 12.1 Å². The summed E-state index contributed by atoms with van der Waals surface area (Å²) >= 11 is 0. The molecule has 3 rings (SSSR count). The summed E-state index contributed by atoms with van der Waals surface area (Å²) in [7, 11) is -0.568. The van der Waals surface area contributed by atoms with Crippen molar-refractivity contribution in [2.24, 2.45) is 7.05 Å². The molecule has 1 aromatic carbocycles. The zero-order valence-electron chi connectivity index (χ0n) is 16.1. The Bertz CT molecular complexity index is 983. The van der Waals surface area contributed by atoms with Crippen molar-refractivity contribution in [3.05, 3.63) is 46.8 Å². The zero-order chi connectivity index (χ0) is 19.9. The van der Waals surface area contributed by atoms with Crippen LogP contribution >= 0.6 is 0 Å². The molecule has 9 heteroatoms. The van der Waals surface area contributed by atoms with Gasteiger partial charge in [0.05, 0.1) is 12.2 Å². The largest absolute Gasteiger partial charge is 0.325 e. The van der Waals surface area contributed by atoms with Crippen LogP contribution in [0.1, 0.15) is 34.8 Å². The van der Waals surface area contributed by atoms with E-state index >= 15 is 0 Å². The summed E-state index contributed by atoms with van der Waals surface area (Å²) in [5, 5.41) is 7.03. The number of nitrogens with one attached hydrogen (secondary N) is 2. The highest BCUT2D eigenvalue weighted by Gasteiger charge is 2.41. The van der Waals surface area contributed by atoms with Gasteiger partial charge in [-0.1, -0.05) is 6.07 Å². The lowest BCUT2D eigenvalue weighted by Crippen LogP contribution is -2.56. The Morgan fingerprint density at radius 3 is 2.52 bits per heavy atom. The van der Waals surface area contributed by atoms with Gasteiger partial charge < -0.3 is 5.32 Å². The van der Waals surface area contributed by atoms with Crippen LogP contribution in [-0.4, -0.2) is 41.5 Å². The second-order valence-corrected chi connectivity index (χ2v) is 8.80. The number of nitrogens with zero attached hydrogens (tertiary/aromatic N) is 3. The van der Waals surface area contributed by atoms with Crippen LogP contribution in [0.2, 0.25) is 0 Å².